The third-order valence-electron chi connectivity index (χ3n) is 25.8. The van der Waals surface area contributed by atoms with E-state index in [1.807, 2.05) is 87.7 Å². The Kier molecular flexibility index (Phi) is 27.8. The van der Waals surface area contributed by atoms with Crippen LogP contribution < -0.4 is 30.7 Å². The molecule has 8 N–H and O–H groups in total. The van der Waals surface area contributed by atoms with Gasteiger partial charge in [0.05, 0.1) is 58.3 Å². The highest BCUT2D eigenvalue weighted by molar-refractivity contribution is 6.03. The Bertz CT molecular complexity index is 4340. The van der Waals surface area contributed by atoms with Crippen molar-refractivity contribution in [3.05, 3.63) is 172 Å². The summed E-state index contributed by atoms with van der Waals surface area (Å²) in [6.45, 7) is 17.2. The van der Waals surface area contributed by atoms with Gasteiger partial charge in [-0.3, -0.25) is 38.6 Å². The molecule has 6 aromatic rings. The van der Waals surface area contributed by atoms with Crippen molar-refractivity contribution in [2.75, 3.05) is 75.8 Å². The summed E-state index contributed by atoms with van der Waals surface area (Å²) in [5.74, 6) is 0.331. The van der Waals surface area contributed by atoms with E-state index in [0.29, 0.717) is 88.1 Å². The number of carbonyl (C=O) groups excluding carboxylic acids is 5. The van der Waals surface area contributed by atoms with E-state index in [1.165, 1.54) is 24.7 Å². The Morgan fingerprint density at radius 1 is 0.614 bits per heavy atom. The summed E-state index contributed by atoms with van der Waals surface area (Å²) in [6.07, 6.45) is -1.25. The molecule has 4 bridgehead atoms. The van der Waals surface area contributed by atoms with E-state index in [1.54, 1.807) is 75.7 Å². The molecule has 8 fully saturated rings. The fourth-order valence-corrected chi connectivity index (χ4v) is 19.6. The number of likely N-dealkylation sites (N-methyl/N-ethyl adjacent to an activating group) is 1. The molecular weight excluding hydrogens is 1460 g/mol. The van der Waals surface area contributed by atoms with Crippen molar-refractivity contribution in [2.24, 2.45) is 64.1 Å². The Hall–Kier alpha value is -8.21. The fourth-order valence-electron chi connectivity index (χ4n) is 19.6. The van der Waals surface area contributed by atoms with Gasteiger partial charge in [-0.05, 0) is 192 Å². The third kappa shape index (κ3) is 19.1. The number of alkyl halides is 3. The lowest BCUT2D eigenvalue weighted by molar-refractivity contribution is -0.183. The van der Waals surface area contributed by atoms with Crippen LogP contribution >= 0.6 is 0 Å². The molecule has 3 heterocycles. The molecule has 14 rings (SSSR count). The van der Waals surface area contributed by atoms with Gasteiger partial charge in [0.15, 0.2) is 5.78 Å². The first kappa shape index (κ1) is 86.6. The number of para-hydroxylation sites is 2. The smallest absolute Gasteiger partial charge is 0.416 e. The van der Waals surface area contributed by atoms with Crippen molar-refractivity contribution in [1.29, 1.82) is 0 Å². The van der Waals surface area contributed by atoms with E-state index in [-0.39, 0.29) is 100 Å². The first-order valence-electron chi connectivity index (χ1n) is 40.1. The van der Waals surface area contributed by atoms with Crippen molar-refractivity contribution in [3.8, 4) is 33.8 Å². The number of fused-ring (bicyclic) bond motifs is 4. The zero-order valence-electron chi connectivity index (χ0n) is 68.5. The van der Waals surface area contributed by atoms with Gasteiger partial charge >= 0.3 is 6.18 Å². The molecule has 6 aliphatic carbocycles. The minimum Gasteiger partial charge on any atom is -0.496 e. The largest absolute Gasteiger partial charge is 0.496 e. The van der Waals surface area contributed by atoms with E-state index in [4.69, 9.17) is 19.1 Å². The van der Waals surface area contributed by atoms with Gasteiger partial charge in [0.1, 0.15) is 35.8 Å². The van der Waals surface area contributed by atoms with Gasteiger partial charge in [-0.25, -0.2) is 0 Å². The zero-order chi connectivity index (χ0) is 82.6. The van der Waals surface area contributed by atoms with Crippen LogP contribution in [-0.2, 0) is 51.4 Å². The minimum atomic E-state index is -4.77. The molecule has 8 aliphatic rings. The topological polar surface area (TPSA) is 277 Å². The molecule has 0 spiro atoms. The number of carbonyl (C=O) groups is 5. The van der Waals surface area contributed by atoms with Crippen LogP contribution in [0, 0.1) is 64.1 Å². The van der Waals surface area contributed by atoms with Crippen LogP contribution in [0.1, 0.15) is 147 Å². The summed E-state index contributed by atoms with van der Waals surface area (Å²) in [5.41, 5.74) is 4.81. The van der Waals surface area contributed by atoms with Crippen LogP contribution in [0.15, 0.2) is 128 Å². The number of nitrogens with zero attached hydrogens (tertiary/aromatic N) is 5. The second-order valence-corrected chi connectivity index (χ2v) is 34.5. The molecule has 22 nitrogen and oxygen atoms in total. The number of ether oxygens (including phenoxy) is 2. The highest BCUT2D eigenvalue weighted by Gasteiger charge is 2.59. The van der Waals surface area contributed by atoms with Gasteiger partial charge in [0.2, 0.25) is 11.8 Å². The summed E-state index contributed by atoms with van der Waals surface area (Å²) in [6, 6.07) is 32.3. The second-order valence-electron chi connectivity index (χ2n) is 34.5. The predicted molar refractivity (Wildman–Crippen MR) is 429 cm³/mol. The summed E-state index contributed by atoms with van der Waals surface area (Å²) in [5, 5.41) is 57.8. The lowest BCUT2D eigenvalue weighted by Crippen LogP contribution is -2.62. The highest BCUT2D eigenvalue weighted by atomic mass is 19.4. The van der Waals surface area contributed by atoms with Crippen molar-refractivity contribution in [1.82, 2.24) is 46.2 Å². The van der Waals surface area contributed by atoms with E-state index in [2.05, 4.69) is 84.8 Å². The van der Waals surface area contributed by atoms with Crippen molar-refractivity contribution in [2.45, 2.75) is 174 Å². The average Bonchev–Trinajstić information content (AvgIpc) is 0.890. The molecular formula is C89H118F3N9O13. The molecule has 114 heavy (non-hydrogen) atoms. The van der Waals surface area contributed by atoms with E-state index >= 15 is 0 Å². The number of aromatic nitrogens is 1. The second kappa shape index (κ2) is 36.5. The molecule has 2 saturated heterocycles. The summed E-state index contributed by atoms with van der Waals surface area (Å²) in [4.78, 5) is 90.3. The van der Waals surface area contributed by atoms with Crippen LogP contribution in [-0.4, -0.2) is 205 Å². The van der Waals surface area contributed by atoms with E-state index in [0.717, 1.165) is 55.6 Å². The number of rotatable bonds is 30. The van der Waals surface area contributed by atoms with Crippen LogP contribution in [0.3, 0.4) is 0 Å². The number of hydroxylamine groups is 4. The van der Waals surface area contributed by atoms with Crippen LogP contribution in [0.4, 0.5) is 13.2 Å². The number of aliphatic hydroxyl groups is 4. The number of ketones is 1. The number of amides is 4. The monoisotopic (exact) mass is 1580 g/mol. The van der Waals surface area contributed by atoms with Gasteiger partial charge < -0.3 is 61.0 Å². The maximum atomic E-state index is 14.4. The van der Waals surface area contributed by atoms with Crippen LogP contribution in [0.2, 0.25) is 0 Å². The van der Waals surface area contributed by atoms with Crippen molar-refractivity contribution >= 4 is 29.4 Å². The van der Waals surface area contributed by atoms with Crippen LogP contribution in [0.25, 0.3) is 22.3 Å². The average molecular weight is 1580 g/mol. The molecule has 25 heteroatoms. The molecule has 4 amide bonds. The normalized spacial score (nSPS) is 26.5. The quantitative estimate of drug-likeness (QED) is 0.0195. The van der Waals surface area contributed by atoms with Crippen LogP contribution in [0.5, 0.6) is 11.5 Å². The van der Waals surface area contributed by atoms with Gasteiger partial charge in [0, 0.05) is 114 Å². The number of aliphatic hydroxyl groups excluding tert-OH is 4. The molecule has 5 aromatic carbocycles. The Balaban J connectivity index is 0.000000225. The first-order chi connectivity index (χ1) is 54.1. The van der Waals surface area contributed by atoms with Gasteiger partial charge in [-0.2, -0.15) is 23.3 Å². The third-order valence-corrected chi connectivity index (χ3v) is 25.8. The molecule has 618 valence electrons. The number of Topliss-reactive ketones (excluding diaryl/α,β-unsaturated/α-hetero) is 1. The van der Waals surface area contributed by atoms with Gasteiger partial charge in [-0.1, -0.05) is 114 Å². The molecule has 2 aliphatic heterocycles. The van der Waals surface area contributed by atoms with Crippen molar-refractivity contribution < 1.29 is 76.7 Å². The number of methoxy groups -OCH3 is 2. The number of hydrogen-bond donors (Lipinski definition) is 8. The summed E-state index contributed by atoms with van der Waals surface area (Å²) < 4.78 is 55.3. The maximum Gasteiger partial charge on any atom is 0.416 e. The summed E-state index contributed by atoms with van der Waals surface area (Å²) >= 11 is 0. The molecule has 1 aromatic heterocycles. The Morgan fingerprint density at radius 3 is 1.53 bits per heavy atom. The number of halogens is 3. The molecule has 18 atom stereocenters. The highest BCUT2D eigenvalue weighted by Crippen LogP contribution is 2.62. The van der Waals surface area contributed by atoms with E-state index in [9.17, 15) is 57.6 Å². The van der Waals surface area contributed by atoms with Gasteiger partial charge in [0.25, 0.3) is 11.8 Å². The Morgan fingerprint density at radius 2 is 1.10 bits per heavy atom. The van der Waals surface area contributed by atoms with Crippen molar-refractivity contribution in [3.63, 3.8) is 0 Å². The first-order valence-corrected chi connectivity index (χ1v) is 40.1. The minimum absolute atomic E-state index is 0.0119. The zero-order valence-corrected chi connectivity index (χ0v) is 68.5. The number of pyridine rings is 1. The standard InChI is InChI=1S/C46H62N4O7.C43H56F3N5O6/c1-27-37-22-35(46(37,3)4)23-38(27)48-45(55)42-41(28(2)52)40(26-51)57-50(42)25-31-15-12-16-36(43(31)56-8)32-19-33(21-34(20-32)44(54)47-5)39(53)18-30(24-49(6)7)17-29-13-10-9-11-14-29;1-24-34-18-29(42(34,3)4)19-35(24)49-41(55)38-37(25(2)53)36(23-52)57-51(38)21-26-11-10-13-33(39(26)56-7)27-15-28(17-30(16-27)43(44,45)46)40(54)48-32(22-50(5)6)20-31-12-8-9-14-47-31/h9-16,19-21,27-28,30,35,37-38,40-42,51-52H,17-18,22-26H2,1-8H3,(H,47,54)(H,48,55);8-17,24-25,29,32,34-38,52-53H,18-23H2,1-7H3,(H,48,54)(H,49,55)/t27-,28-,30+,35+,37-,38-,40-,41+,42-;24-,25-,29+,32-,34-,35-,36-,37+,38-/m00/s1. The van der Waals surface area contributed by atoms with E-state index < -0.39 is 78.6 Å². The molecule has 0 radical (unpaired) electrons. The number of benzene rings is 5. The Labute approximate surface area is 669 Å². The van der Waals surface area contributed by atoms with Gasteiger partial charge in [-0.15, -0.1) is 0 Å². The number of hydrogen-bond acceptors (Lipinski definition) is 18. The fraction of sp³-hybridized carbons (Fsp3) is 0.551. The maximum absolute atomic E-state index is 14.4. The summed E-state index contributed by atoms with van der Waals surface area (Å²) in [7, 11) is 12.2. The SMILES string of the molecule is CNC(=O)c1cc(C(=O)C[C@@H](Cc2ccccc2)CN(C)C)cc(-c2cccc(CN3O[C@@H](CO)[C@@H]([C@H](C)O)[C@H]3C(=O)N[C@H]3C[C@H]4C[C@@H]([C@@H]3C)C4(C)C)c2OC)c1.COc1c(CN2O[C@@H](CO)[C@@H]([C@H](C)O)[C@H]2C(=O)N[C@H]2C[C@H]3C[C@@H]([C@@H]2C)C3(C)C)cccc1-c1cc(C(=O)N[C@@H](Cc2ccccn2)CN(C)C)cc(C(F)(F)F)c1. The molecule has 0 unspecified atom stereocenters. The molecule has 6 saturated carbocycles. The predicted octanol–water partition coefficient (Wildman–Crippen LogP) is 10.7. The lowest BCUT2D eigenvalue weighted by Gasteiger charge is -2.62. The number of nitrogens with one attached hydrogen (secondary N) is 4. The lowest BCUT2D eigenvalue weighted by atomic mass is 9.45.